The van der Waals surface area contributed by atoms with E-state index in [1.165, 1.54) is 0 Å². The van der Waals surface area contributed by atoms with E-state index in [0.717, 1.165) is 11.3 Å². The van der Waals surface area contributed by atoms with Crippen molar-refractivity contribution in [2.45, 2.75) is 18.4 Å². The highest BCUT2D eigenvalue weighted by molar-refractivity contribution is 5.40. The number of methoxy groups -OCH3 is 1. The number of hydrogen-bond donors (Lipinski definition) is 0. The second kappa shape index (κ2) is 5.13. The molecule has 90 valence electrons. The van der Waals surface area contributed by atoms with Gasteiger partial charge in [0, 0.05) is 26.1 Å². The fourth-order valence-electron chi connectivity index (χ4n) is 2.16. The molecule has 0 bridgehead atoms. The molecule has 17 heavy (non-hydrogen) atoms. The van der Waals surface area contributed by atoms with Crippen LogP contribution in [0.2, 0.25) is 0 Å². The third kappa shape index (κ3) is 2.38. The van der Waals surface area contributed by atoms with Crippen molar-refractivity contribution in [3.05, 3.63) is 29.8 Å². The number of rotatable bonds is 3. The van der Waals surface area contributed by atoms with Crippen LogP contribution in [0, 0.1) is 0 Å². The van der Waals surface area contributed by atoms with Crippen LogP contribution in [0.1, 0.15) is 18.4 Å². The van der Waals surface area contributed by atoms with Gasteiger partial charge in [0.2, 0.25) is 6.08 Å². The summed E-state index contributed by atoms with van der Waals surface area (Å²) in [5.74, 6) is 0.797. The lowest BCUT2D eigenvalue weighted by Gasteiger charge is -2.32. The van der Waals surface area contributed by atoms with Gasteiger partial charge in [-0.05, 0) is 17.7 Å². The SMILES string of the molecule is COc1ccc(C2(N=C=O)CCOCC2)cc1. The first kappa shape index (κ1) is 11.8. The summed E-state index contributed by atoms with van der Waals surface area (Å²) in [4.78, 5) is 14.6. The quantitative estimate of drug-likeness (QED) is 0.593. The molecule has 0 aliphatic carbocycles. The molecule has 1 aromatic rings. The molecule has 0 atom stereocenters. The smallest absolute Gasteiger partial charge is 0.235 e. The topological polar surface area (TPSA) is 47.9 Å². The summed E-state index contributed by atoms with van der Waals surface area (Å²) in [7, 11) is 1.63. The Hall–Kier alpha value is -1.64. The maximum Gasteiger partial charge on any atom is 0.235 e. The van der Waals surface area contributed by atoms with E-state index in [2.05, 4.69) is 4.99 Å². The molecule has 0 radical (unpaired) electrons. The van der Waals surface area contributed by atoms with E-state index < -0.39 is 5.54 Å². The van der Waals surface area contributed by atoms with Gasteiger partial charge in [0.1, 0.15) is 11.3 Å². The van der Waals surface area contributed by atoms with Crippen LogP contribution in [0.4, 0.5) is 0 Å². The molecule has 0 unspecified atom stereocenters. The van der Waals surface area contributed by atoms with Crippen molar-refractivity contribution >= 4 is 6.08 Å². The molecule has 2 rings (SSSR count). The highest BCUT2D eigenvalue weighted by atomic mass is 16.5. The Labute approximate surface area is 100 Å². The molecule has 1 aromatic carbocycles. The monoisotopic (exact) mass is 233 g/mol. The molecule has 0 aromatic heterocycles. The van der Waals surface area contributed by atoms with Crippen LogP contribution >= 0.6 is 0 Å². The van der Waals surface area contributed by atoms with Gasteiger partial charge in [-0.3, -0.25) is 0 Å². The summed E-state index contributed by atoms with van der Waals surface area (Å²) < 4.78 is 10.4. The lowest BCUT2D eigenvalue weighted by molar-refractivity contribution is 0.0531. The van der Waals surface area contributed by atoms with Gasteiger partial charge in [0.05, 0.1) is 7.11 Å². The second-order valence-corrected chi connectivity index (χ2v) is 4.08. The van der Waals surface area contributed by atoms with Gasteiger partial charge in [-0.15, -0.1) is 0 Å². The Morgan fingerprint density at radius 1 is 1.29 bits per heavy atom. The molecule has 1 aliphatic rings. The van der Waals surface area contributed by atoms with Gasteiger partial charge < -0.3 is 9.47 Å². The van der Waals surface area contributed by atoms with Gasteiger partial charge in [-0.1, -0.05) is 12.1 Å². The average molecular weight is 233 g/mol. The Kier molecular flexibility index (Phi) is 3.57. The minimum absolute atomic E-state index is 0.466. The van der Waals surface area contributed by atoms with E-state index in [1.807, 2.05) is 24.3 Å². The largest absolute Gasteiger partial charge is 0.497 e. The average Bonchev–Trinajstić information content (AvgIpc) is 2.40. The molecule has 1 aliphatic heterocycles. The first-order chi connectivity index (χ1) is 8.30. The van der Waals surface area contributed by atoms with Crippen LogP contribution in [0.5, 0.6) is 5.75 Å². The van der Waals surface area contributed by atoms with Crippen molar-refractivity contribution in [2.75, 3.05) is 20.3 Å². The van der Waals surface area contributed by atoms with Crippen molar-refractivity contribution in [3.8, 4) is 5.75 Å². The van der Waals surface area contributed by atoms with Gasteiger partial charge in [0.15, 0.2) is 0 Å². The van der Waals surface area contributed by atoms with Gasteiger partial charge in [-0.25, -0.2) is 4.79 Å². The molecule has 0 spiro atoms. The lowest BCUT2D eigenvalue weighted by Crippen LogP contribution is -2.31. The van der Waals surface area contributed by atoms with E-state index in [4.69, 9.17) is 9.47 Å². The summed E-state index contributed by atoms with van der Waals surface area (Å²) >= 11 is 0. The lowest BCUT2D eigenvalue weighted by atomic mass is 9.83. The van der Waals surface area contributed by atoms with E-state index >= 15 is 0 Å². The van der Waals surface area contributed by atoms with Gasteiger partial charge in [-0.2, -0.15) is 4.99 Å². The van der Waals surface area contributed by atoms with Crippen LogP contribution in [0.15, 0.2) is 29.3 Å². The minimum Gasteiger partial charge on any atom is -0.497 e. The summed E-state index contributed by atoms with van der Waals surface area (Å²) in [6.45, 7) is 1.24. The molecule has 0 saturated carbocycles. The summed E-state index contributed by atoms with van der Waals surface area (Å²) in [5.41, 5.74) is 0.552. The molecule has 0 amide bonds. The van der Waals surface area contributed by atoms with Crippen LogP contribution < -0.4 is 4.74 Å². The zero-order valence-corrected chi connectivity index (χ0v) is 9.81. The molecule has 1 fully saturated rings. The van der Waals surface area contributed by atoms with Crippen molar-refractivity contribution in [2.24, 2.45) is 4.99 Å². The third-order valence-electron chi connectivity index (χ3n) is 3.21. The fraction of sp³-hybridized carbons (Fsp3) is 0.462. The van der Waals surface area contributed by atoms with Crippen LogP contribution in [-0.4, -0.2) is 26.4 Å². The molecular formula is C13H15NO3. The third-order valence-corrected chi connectivity index (χ3v) is 3.21. The Bertz CT molecular complexity index is 415. The molecule has 4 nitrogen and oxygen atoms in total. The maximum absolute atomic E-state index is 10.6. The standard InChI is InChI=1S/C13H15NO3/c1-16-12-4-2-11(3-5-12)13(14-10-15)6-8-17-9-7-13/h2-5H,6-9H2,1H3. The minimum atomic E-state index is -0.466. The summed E-state index contributed by atoms with van der Waals surface area (Å²) in [6, 6.07) is 7.66. The highest BCUT2D eigenvalue weighted by Crippen LogP contribution is 2.36. The maximum atomic E-state index is 10.6. The van der Waals surface area contributed by atoms with E-state index in [-0.39, 0.29) is 0 Å². The first-order valence-corrected chi connectivity index (χ1v) is 5.62. The number of benzene rings is 1. The number of hydrogen-bond acceptors (Lipinski definition) is 4. The number of ether oxygens (including phenoxy) is 2. The number of nitrogens with zero attached hydrogens (tertiary/aromatic N) is 1. The van der Waals surface area contributed by atoms with Crippen LogP contribution in [-0.2, 0) is 15.1 Å². The van der Waals surface area contributed by atoms with E-state index in [1.54, 1.807) is 13.2 Å². The van der Waals surface area contributed by atoms with E-state index in [0.29, 0.717) is 26.1 Å². The molecule has 0 N–H and O–H groups in total. The predicted octanol–water partition coefficient (Wildman–Crippen LogP) is 2.04. The van der Waals surface area contributed by atoms with Crippen LogP contribution in [0.3, 0.4) is 0 Å². The number of isocyanates is 1. The van der Waals surface area contributed by atoms with Crippen molar-refractivity contribution in [1.29, 1.82) is 0 Å². The Morgan fingerprint density at radius 2 is 1.94 bits per heavy atom. The normalized spacial score (nSPS) is 18.2. The van der Waals surface area contributed by atoms with Gasteiger partial charge in [0.25, 0.3) is 0 Å². The van der Waals surface area contributed by atoms with Crippen molar-refractivity contribution in [3.63, 3.8) is 0 Å². The number of carbonyl (C=O) groups excluding carboxylic acids is 1. The fourth-order valence-corrected chi connectivity index (χ4v) is 2.16. The zero-order valence-electron chi connectivity index (χ0n) is 9.81. The number of aliphatic imine (C=N–C) groups is 1. The van der Waals surface area contributed by atoms with Crippen LogP contribution in [0.25, 0.3) is 0 Å². The first-order valence-electron chi connectivity index (χ1n) is 5.62. The van der Waals surface area contributed by atoms with Crippen molar-refractivity contribution < 1.29 is 14.3 Å². The van der Waals surface area contributed by atoms with Gasteiger partial charge >= 0.3 is 0 Å². The van der Waals surface area contributed by atoms with Crippen molar-refractivity contribution in [1.82, 2.24) is 0 Å². The molecule has 4 heteroatoms. The molecule has 1 saturated heterocycles. The Balaban J connectivity index is 2.34. The Morgan fingerprint density at radius 3 is 2.47 bits per heavy atom. The van der Waals surface area contributed by atoms with E-state index in [9.17, 15) is 4.79 Å². The zero-order chi connectivity index (χ0) is 12.1. The predicted molar refractivity (Wildman–Crippen MR) is 62.8 cm³/mol. The second-order valence-electron chi connectivity index (χ2n) is 4.08. The summed E-state index contributed by atoms with van der Waals surface area (Å²) in [5, 5.41) is 0. The molecular weight excluding hydrogens is 218 g/mol. The molecule has 1 heterocycles. The summed E-state index contributed by atoms with van der Waals surface area (Å²) in [6.07, 6.45) is 3.13. The highest BCUT2D eigenvalue weighted by Gasteiger charge is 2.34.